The van der Waals surface area contributed by atoms with Crippen molar-refractivity contribution in [2.24, 2.45) is 5.92 Å². The van der Waals surface area contributed by atoms with E-state index in [4.69, 9.17) is 5.73 Å². The highest BCUT2D eigenvalue weighted by Crippen LogP contribution is 2.26. The van der Waals surface area contributed by atoms with Crippen molar-refractivity contribution in [2.75, 3.05) is 12.3 Å². The van der Waals surface area contributed by atoms with Crippen molar-refractivity contribution in [3.63, 3.8) is 0 Å². The molecular formula is C14H21ClN2O. The predicted molar refractivity (Wildman–Crippen MR) is 77.0 cm³/mol. The molecule has 0 aliphatic carbocycles. The maximum absolute atomic E-state index is 12.4. The van der Waals surface area contributed by atoms with Gasteiger partial charge in [-0.3, -0.25) is 4.79 Å². The van der Waals surface area contributed by atoms with Crippen molar-refractivity contribution in [2.45, 2.75) is 32.7 Å². The molecule has 0 saturated carbocycles. The Bertz CT molecular complexity index is 422. The Morgan fingerprint density at radius 1 is 1.50 bits per heavy atom. The van der Waals surface area contributed by atoms with Gasteiger partial charge >= 0.3 is 0 Å². The number of halogens is 1. The average molecular weight is 269 g/mol. The molecule has 1 amide bonds. The Balaban J connectivity index is 0.00000162. The third-order valence-corrected chi connectivity index (χ3v) is 3.49. The van der Waals surface area contributed by atoms with E-state index in [2.05, 4.69) is 13.8 Å². The van der Waals surface area contributed by atoms with Crippen LogP contribution in [0.25, 0.3) is 0 Å². The molecule has 1 saturated heterocycles. The van der Waals surface area contributed by atoms with Crippen LogP contribution in [0.2, 0.25) is 0 Å². The number of nitrogens with two attached hydrogens (primary N) is 1. The van der Waals surface area contributed by atoms with Gasteiger partial charge < -0.3 is 10.6 Å². The van der Waals surface area contributed by atoms with Gasteiger partial charge in [-0.05, 0) is 37.0 Å². The maximum Gasteiger partial charge on any atom is 0.254 e. The number of amides is 1. The molecule has 0 radical (unpaired) electrons. The normalized spacial score (nSPS) is 22.7. The van der Waals surface area contributed by atoms with Crippen molar-refractivity contribution in [1.82, 2.24) is 4.90 Å². The second-order valence-corrected chi connectivity index (χ2v) is 4.99. The van der Waals surface area contributed by atoms with Gasteiger partial charge in [0.25, 0.3) is 5.91 Å². The number of benzene rings is 1. The highest BCUT2D eigenvalue weighted by molar-refractivity contribution is 5.95. The van der Waals surface area contributed by atoms with Crippen LogP contribution in [-0.2, 0) is 0 Å². The molecule has 0 spiro atoms. The molecule has 4 heteroatoms. The van der Waals surface area contributed by atoms with E-state index >= 15 is 0 Å². The molecule has 1 heterocycles. The Hall–Kier alpha value is -1.22. The second kappa shape index (κ2) is 6.10. The third kappa shape index (κ3) is 2.96. The lowest BCUT2D eigenvalue weighted by atomic mass is 10.1. The number of carbonyl (C=O) groups is 1. The summed E-state index contributed by atoms with van der Waals surface area (Å²) in [5.74, 6) is 0.721. The van der Waals surface area contributed by atoms with Crippen LogP contribution in [0, 0.1) is 5.92 Å². The molecule has 2 atom stereocenters. The van der Waals surface area contributed by atoms with Gasteiger partial charge in [0, 0.05) is 23.8 Å². The van der Waals surface area contributed by atoms with Crippen LogP contribution >= 0.6 is 12.4 Å². The van der Waals surface area contributed by atoms with E-state index in [-0.39, 0.29) is 18.3 Å². The number of anilines is 1. The van der Waals surface area contributed by atoms with Crippen LogP contribution in [-0.4, -0.2) is 23.4 Å². The molecular weight excluding hydrogens is 248 g/mol. The van der Waals surface area contributed by atoms with Crippen LogP contribution in [0.3, 0.4) is 0 Å². The number of nitrogen functional groups attached to an aromatic ring is 1. The summed E-state index contributed by atoms with van der Waals surface area (Å²) < 4.78 is 0. The zero-order chi connectivity index (χ0) is 12.4. The lowest BCUT2D eigenvalue weighted by Gasteiger charge is -2.23. The third-order valence-electron chi connectivity index (χ3n) is 3.49. The zero-order valence-corrected chi connectivity index (χ0v) is 11.7. The molecule has 100 valence electrons. The van der Waals surface area contributed by atoms with Crippen LogP contribution < -0.4 is 5.73 Å². The molecule has 0 aromatic heterocycles. The van der Waals surface area contributed by atoms with Crippen molar-refractivity contribution in [3.8, 4) is 0 Å². The first-order valence-electron chi connectivity index (χ1n) is 6.28. The maximum atomic E-state index is 12.4. The highest BCUT2D eigenvalue weighted by atomic mass is 35.5. The van der Waals surface area contributed by atoms with Crippen molar-refractivity contribution < 1.29 is 4.79 Å². The number of carbonyl (C=O) groups excluding carboxylic acids is 1. The SMILES string of the molecule is CCC1CC(C)CN1C(=O)c1cccc(N)c1.Cl. The first-order valence-corrected chi connectivity index (χ1v) is 6.28. The van der Waals surface area contributed by atoms with Gasteiger partial charge in [0.2, 0.25) is 0 Å². The van der Waals surface area contributed by atoms with Crippen molar-refractivity contribution >= 4 is 24.0 Å². The van der Waals surface area contributed by atoms with Gasteiger partial charge in [-0.2, -0.15) is 0 Å². The van der Waals surface area contributed by atoms with Crippen molar-refractivity contribution in [1.29, 1.82) is 0 Å². The largest absolute Gasteiger partial charge is 0.399 e. The second-order valence-electron chi connectivity index (χ2n) is 4.99. The minimum Gasteiger partial charge on any atom is -0.399 e. The van der Waals surface area contributed by atoms with Crippen LogP contribution in [0.5, 0.6) is 0 Å². The summed E-state index contributed by atoms with van der Waals surface area (Å²) in [6.07, 6.45) is 2.14. The first kappa shape index (κ1) is 14.8. The zero-order valence-electron chi connectivity index (χ0n) is 10.9. The Morgan fingerprint density at radius 3 is 2.83 bits per heavy atom. The molecule has 1 aromatic carbocycles. The fraction of sp³-hybridized carbons (Fsp3) is 0.500. The molecule has 2 unspecified atom stereocenters. The molecule has 1 fully saturated rings. The summed E-state index contributed by atoms with van der Waals surface area (Å²) >= 11 is 0. The number of likely N-dealkylation sites (tertiary alicyclic amines) is 1. The number of rotatable bonds is 2. The summed E-state index contributed by atoms with van der Waals surface area (Å²) in [5, 5.41) is 0. The quantitative estimate of drug-likeness (QED) is 0.839. The van der Waals surface area contributed by atoms with Gasteiger partial charge in [0.05, 0.1) is 0 Å². The molecule has 3 nitrogen and oxygen atoms in total. The Morgan fingerprint density at radius 2 is 2.22 bits per heavy atom. The van der Waals surface area contributed by atoms with Crippen LogP contribution in [0.1, 0.15) is 37.0 Å². The number of nitrogens with zero attached hydrogens (tertiary/aromatic N) is 1. The van der Waals surface area contributed by atoms with Crippen LogP contribution in [0.4, 0.5) is 5.69 Å². The molecule has 1 aliphatic rings. The van der Waals surface area contributed by atoms with Gasteiger partial charge in [0.15, 0.2) is 0 Å². The summed E-state index contributed by atoms with van der Waals surface area (Å²) in [6, 6.07) is 7.63. The summed E-state index contributed by atoms with van der Waals surface area (Å²) in [5.41, 5.74) is 7.07. The Labute approximate surface area is 115 Å². The van der Waals surface area contributed by atoms with E-state index in [1.807, 2.05) is 17.0 Å². The van der Waals surface area contributed by atoms with Crippen molar-refractivity contribution in [3.05, 3.63) is 29.8 Å². The summed E-state index contributed by atoms with van der Waals surface area (Å²) in [6.45, 7) is 5.21. The summed E-state index contributed by atoms with van der Waals surface area (Å²) in [4.78, 5) is 14.4. The average Bonchev–Trinajstić information content (AvgIpc) is 2.69. The minimum atomic E-state index is 0. The van der Waals surface area contributed by atoms with E-state index < -0.39 is 0 Å². The van der Waals surface area contributed by atoms with E-state index in [9.17, 15) is 4.79 Å². The first-order chi connectivity index (χ1) is 8.11. The lowest BCUT2D eigenvalue weighted by Crippen LogP contribution is -2.35. The van der Waals surface area contributed by atoms with Gasteiger partial charge in [0.1, 0.15) is 0 Å². The minimum absolute atomic E-state index is 0. The number of hydrogen-bond acceptors (Lipinski definition) is 2. The topological polar surface area (TPSA) is 46.3 Å². The van der Waals surface area contributed by atoms with Gasteiger partial charge in [-0.1, -0.05) is 19.9 Å². The highest BCUT2D eigenvalue weighted by Gasteiger charge is 2.32. The molecule has 2 rings (SSSR count). The fourth-order valence-corrected chi connectivity index (χ4v) is 2.62. The van der Waals surface area contributed by atoms with E-state index in [0.29, 0.717) is 23.2 Å². The summed E-state index contributed by atoms with van der Waals surface area (Å²) in [7, 11) is 0. The molecule has 1 aliphatic heterocycles. The van der Waals surface area contributed by atoms with Gasteiger partial charge in [-0.15, -0.1) is 12.4 Å². The molecule has 1 aromatic rings. The smallest absolute Gasteiger partial charge is 0.254 e. The number of hydrogen-bond donors (Lipinski definition) is 1. The fourth-order valence-electron chi connectivity index (χ4n) is 2.62. The van der Waals surface area contributed by atoms with E-state index in [0.717, 1.165) is 19.4 Å². The van der Waals surface area contributed by atoms with E-state index in [1.165, 1.54) is 0 Å². The predicted octanol–water partition coefficient (Wildman–Crippen LogP) is 2.95. The van der Waals surface area contributed by atoms with E-state index in [1.54, 1.807) is 12.1 Å². The Kier molecular flexibility index (Phi) is 5.03. The lowest BCUT2D eigenvalue weighted by molar-refractivity contribution is 0.0730. The standard InChI is InChI=1S/C14H20N2O.ClH/c1-3-13-7-10(2)9-16(13)14(17)11-5-4-6-12(15)8-11;/h4-6,8,10,13H,3,7,9,15H2,1-2H3;1H. The van der Waals surface area contributed by atoms with Gasteiger partial charge in [-0.25, -0.2) is 0 Å². The molecule has 18 heavy (non-hydrogen) atoms. The van der Waals surface area contributed by atoms with Crippen LogP contribution in [0.15, 0.2) is 24.3 Å². The monoisotopic (exact) mass is 268 g/mol. The molecule has 0 bridgehead atoms. The molecule has 2 N–H and O–H groups in total.